The molecule has 5 fully saturated rings. The quantitative estimate of drug-likeness (QED) is 0.554. The van der Waals surface area contributed by atoms with E-state index in [2.05, 4.69) is 13.8 Å². The van der Waals surface area contributed by atoms with Crippen LogP contribution in [0.4, 0.5) is 0 Å². The minimum absolute atomic E-state index is 0.0471. The van der Waals surface area contributed by atoms with Crippen molar-refractivity contribution in [2.75, 3.05) is 0 Å². The summed E-state index contributed by atoms with van der Waals surface area (Å²) in [6.07, 6.45) is 8.20. The second-order valence-corrected chi connectivity index (χ2v) is 11.6. The van der Waals surface area contributed by atoms with Crippen molar-refractivity contribution in [3.8, 4) is 0 Å². The topological polar surface area (TPSA) is 89.3 Å². The van der Waals surface area contributed by atoms with E-state index in [1.807, 2.05) is 6.07 Å². The molecule has 1 aromatic heterocycles. The van der Waals surface area contributed by atoms with Crippen LogP contribution in [0.15, 0.2) is 27.6 Å². The van der Waals surface area contributed by atoms with Gasteiger partial charge >= 0.3 is 11.6 Å². The fourth-order valence-electron chi connectivity index (χ4n) is 9.10. The van der Waals surface area contributed by atoms with Gasteiger partial charge in [-0.1, -0.05) is 13.8 Å². The van der Waals surface area contributed by atoms with Crippen LogP contribution >= 0.6 is 0 Å². The molecule has 4 saturated carbocycles. The minimum Gasteiger partial charge on any atom is -0.459 e. The molecule has 0 amide bonds. The van der Waals surface area contributed by atoms with Gasteiger partial charge in [0.1, 0.15) is 17.8 Å². The number of epoxide rings is 1. The Bertz CT molecular complexity index is 982. The van der Waals surface area contributed by atoms with Gasteiger partial charge in [-0.05, 0) is 79.7 Å². The number of carbonyl (C=O) groups excluding carboxylic acids is 1. The summed E-state index contributed by atoms with van der Waals surface area (Å²) in [7, 11) is 0. The lowest BCUT2D eigenvalue weighted by molar-refractivity contribution is -0.158. The van der Waals surface area contributed by atoms with Crippen molar-refractivity contribution in [2.24, 2.45) is 28.6 Å². The molecule has 6 heteroatoms. The van der Waals surface area contributed by atoms with Gasteiger partial charge in [0.05, 0.1) is 12.4 Å². The van der Waals surface area contributed by atoms with E-state index in [9.17, 15) is 14.7 Å². The maximum atomic E-state index is 12.1. The van der Waals surface area contributed by atoms with Crippen LogP contribution < -0.4 is 5.63 Å². The van der Waals surface area contributed by atoms with Crippen molar-refractivity contribution in [3.63, 3.8) is 0 Å². The normalized spacial score (nSPS) is 51.1. The van der Waals surface area contributed by atoms with Gasteiger partial charge in [-0.15, -0.1) is 0 Å². The summed E-state index contributed by atoms with van der Waals surface area (Å²) in [6, 6.07) is 3.30. The number of carbonyl (C=O) groups is 1. The highest BCUT2D eigenvalue weighted by molar-refractivity contribution is 5.66. The average Bonchev–Trinajstić information content (AvgIpc) is 3.44. The molecular formula is C26H34O6. The number of fused-ring (bicyclic) bond motifs is 3. The largest absolute Gasteiger partial charge is 0.459 e. The second-order valence-electron chi connectivity index (χ2n) is 11.6. The molecule has 1 aliphatic heterocycles. The monoisotopic (exact) mass is 442 g/mol. The van der Waals surface area contributed by atoms with Crippen LogP contribution in [0.2, 0.25) is 0 Å². The van der Waals surface area contributed by atoms with Gasteiger partial charge in [0, 0.05) is 24.3 Å². The lowest BCUT2D eigenvalue weighted by Gasteiger charge is -2.61. The summed E-state index contributed by atoms with van der Waals surface area (Å²) in [5.41, 5.74) is 0.319. The molecule has 1 saturated heterocycles. The van der Waals surface area contributed by atoms with Gasteiger partial charge in [0.15, 0.2) is 0 Å². The van der Waals surface area contributed by atoms with Crippen molar-refractivity contribution in [1.29, 1.82) is 0 Å². The highest BCUT2D eigenvalue weighted by atomic mass is 16.7. The number of aliphatic hydroxyl groups is 1. The molecule has 10 atom stereocenters. The first kappa shape index (κ1) is 20.9. The van der Waals surface area contributed by atoms with Crippen LogP contribution in [0.3, 0.4) is 0 Å². The summed E-state index contributed by atoms with van der Waals surface area (Å²) < 4.78 is 17.8. The van der Waals surface area contributed by atoms with Gasteiger partial charge in [0.2, 0.25) is 0 Å². The Hall–Kier alpha value is -1.66. The van der Waals surface area contributed by atoms with E-state index in [4.69, 9.17) is 13.9 Å². The molecule has 0 bridgehead atoms. The summed E-state index contributed by atoms with van der Waals surface area (Å²) in [4.78, 5) is 23.7. The zero-order chi connectivity index (χ0) is 22.5. The van der Waals surface area contributed by atoms with Crippen molar-refractivity contribution in [2.45, 2.75) is 95.5 Å². The SMILES string of the molecule is CC(=O)O[C@H]1[C@@H]2O[C@@]23[C@@H]2CC[C@H]4C[C@@H](O)CC[C@@]4(C)[C@H]2CC[C@@]3(C)[C@H]1c1ccc(=O)oc1. The second kappa shape index (κ2) is 6.69. The molecule has 6 rings (SSSR count). The van der Waals surface area contributed by atoms with E-state index >= 15 is 0 Å². The molecule has 4 aliphatic carbocycles. The Morgan fingerprint density at radius 2 is 1.94 bits per heavy atom. The van der Waals surface area contributed by atoms with Crippen LogP contribution in [-0.2, 0) is 14.3 Å². The third-order valence-corrected chi connectivity index (χ3v) is 10.5. The third kappa shape index (κ3) is 2.54. The first-order chi connectivity index (χ1) is 15.2. The van der Waals surface area contributed by atoms with Gasteiger partial charge in [0.25, 0.3) is 0 Å². The minimum atomic E-state index is -0.369. The van der Waals surface area contributed by atoms with Crippen LogP contribution in [0.1, 0.15) is 77.2 Å². The van der Waals surface area contributed by atoms with Crippen LogP contribution in [0.25, 0.3) is 0 Å². The van der Waals surface area contributed by atoms with E-state index in [0.717, 1.165) is 50.5 Å². The Morgan fingerprint density at radius 3 is 2.66 bits per heavy atom. The van der Waals surface area contributed by atoms with E-state index in [1.54, 1.807) is 6.26 Å². The summed E-state index contributed by atoms with van der Waals surface area (Å²) in [5, 5.41) is 10.3. The molecule has 32 heavy (non-hydrogen) atoms. The summed E-state index contributed by atoms with van der Waals surface area (Å²) in [5.74, 6) is 1.24. The van der Waals surface area contributed by atoms with E-state index in [-0.39, 0.29) is 52.3 Å². The first-order valence-corrected chi connectivity index (χ1v) is 12.3. The predicted octanol–water partition coefficient (Wildman–Crippen LogP) is 3.80. The number of ether oxygens (including phenoxy) is 2. The average molecular weight is 443 g/mol. The van der Waals surface area contributed by atoms with Crippen molar-refractivity contribution in [3.05, 3.63) is 34.4 Å². The van der Waals surface area contributed by atoms with Crippen LogP contribution in [-0.4, -0.2) is 35.0 Å². The number of rotatable bonds is 2. The van der Waals surface area contributed by atoms with Crippen LogP contribution in [0, 0.1) is 28.6 Å². The van der Waals surface area contributed by atoms with Gasteiger partial charge in [-0.3, -0.25) is 4.79 Å². The fourth-order valence-corrected chi connectivity index (χ4v) is 9.10. The van der Waals surface area contributed by atoms with Gasteiger partial charge in [-0.2, -0.15) is 0 Å². The zero-order valence-electron chi connectivity index (χ0n) is 19.2. The standard InChI is InChI=1S/C26H34O6/c1-14(27)31-22-21(15-4-7-20(29)30-13-15)25(3)11-9-18-19(26(25)23(22)32-26)6-5-16-12-17(28)8-10-24(16,18)2/h4,7,13,16-19,21-23,28H,5-6,8-12H2,1-3H3/t16-,17-,18-,19+,21-,22+,23-,24+,25-,26-/m0/s1. The predicted molar refractivity (Wildman–Crippen MR) is 116 cm³/mol. The van der Waals surface area contributed by atoms with E-state index in [1.165, 1.54) is 13.0 Å². The highest BCUT2D eigenvalue weighted by Crippen LogP contribution is 2.78. The molecule has 0 unspecified atom stereocenters. The van der Waals surface area contributed by atoms with Crippen LogP contribution in [0.5, 0.6) is 0 Å². The number of hydrogen-bond donors (Lipinski definition) is 1. The maximum Gasteiger partial charge on any atom is 0.335 e. The molecule has 1 spiro atoms. The Morgan fingerprint density at radius 1 is 1.12 bits per heavy atom. The molecule has 0 aromatic carbocycles. The van der Waals surface area contributed by atoms with Crippen molar-refractivity contribution in [1.82, 2.24) is 0 Å². The fraction of sp³-hybridized carbons (Fsp3) is 0.769. The lowest BCUT2D eigenvalue weighted by atomic mass is 9.44. The smallest absolute Gasteiger partial charge is 0.335 e. The molecule has 174 valence electrons. The summed E-state index contributed by atoms with van der Waals surface area (Å²) >= 11 is 0. The first-order valence-electron chi connectivity index (χ1n) is 12.3. The number of aliphatic hydroxyl groups excluding tert-OH is 1. The van der Waals surface area contributed by atoms with E-state index in [0.29, 0.717) is 17.8 Å². The Labute approximate surface area is 188 Å². The summed E-state index contributed by atoms with van der Waals surface area (Å²) in [6.45, 7) is 6.23. The number of esters is 1. The maximum absolute atomic E-state index is 12.1. The molecule has 2 heterocycles. The Kier molecular flexibility index (Phi) is 4.37. The van der Waals surface area contributed by atoms with Crippen molar-refractivity contribution >= 4 is 5.97 Å². The number of hydrogen-bond acceptors (Lipinski definition) is 6. The zero-order valence-corrected chi connectivity index (χ0v) is 19.2. The molecular weight excluding hydrogens is 408 g/mol. The van der Waals surface area contributed by atoms with Crippen molar-refractivity contribution < 1.29 is 23.8 Å². The van der Waals surface area contributed by atoms with Gasteiger partial charge in [-0.25, -0.2) is 4.79 Å². The molecule has 1 aromatic rings. The molecule has 1 N–H and O–H groups in total. The molecule has 0 radical (unpaired) electrons. The Balaban J connectivity index is 1.41. The molecule has 5 aliphatic rings. The van der Waals surface area contributed by atoms with E-state index < -0.39 is 0 Å². The van der Waals surface area contributed by atoms with Gasteiger partial charge < -0.3 is 19.0 Å². The third-order valence-electron chi connectivity index (χ3n) is 10.5. The lowest BCUT2D eigenvalue weighted by Crippen LogP contribution is -2.58. The molecule has 6 nitrogen and oxygen atoms in total. The highest BCUT2D eigenvalue weighted by Gasteiger charge is 2.84.